The molecule has 1 aromatic rings. The minimum atomic E-state index is -0.188. The van der Waals surface area contributed by atoms with Gasteiger partial charge in [0.25, 0.3) is 0 Å². The predicted molar refractivity (Wildman–Crippen MR) is 86.2 cm³/mol. The van der Waals surface area contributed by atoms with Crippen molar-refractivity contribution < 1.29 is 0 Å². The minimum absolute atomic E-state index is 0.188. The Labute approximate surface area is 121 Å². The highest BCUT2D eigenvalue weighted by atomic mass is 15.3. The van der Waals surface area contributed by atoms with Crippen molar-refractivity contribution in [1.29, 1.82) is 0 Å². The van der Waals surface area contributed by atoms with Crippen LogP contribution >= 0.6 is 0 Å². The minimum Gasteiger partial charge on any atom is -0.362 e. The summed E-state index contributed by atoms with van der Waals surface area (Å²) in [7, 11) is 1.99. The summed E-state index contributed by atoms with van der Waals surface area (Å²) in [5.74, 6) is 0.880. The standard InChI is InChI=1S/C17H23N3/c1-7-18-16-10-15(9-8-12(16)2)17(5)11-13(3)20(6)14(4)19-17/h7-10,19H,3-4,11H2,1-2,5-6H3. The lowest BCUT2D eigenvalue weighted by Gasteiger charge is -2.43. The van der Waals surface area contributed by atoms with E-state index in [4.69, 9.17) is 0 Å². The Kier molecular flexibility index (Phi) is 3.71. The van der Waals surface area contributed by atoms with E-state index in [1.165, 1.54) is 11.1 Å². The second-order valence-electron chi connectivity index (χ2n) is 5.59. The van der Waals surface area contributed by atoms with Crippen molar-refractivity contribution in [3.05, 3.63) is 54.0 Å². The first-order valence-electron chi connectivity index (χ1n) is 6.86. The normalized spacial score (nSPS) is 23.3. The average Bonchev–Trinajstić information content (AvgIpc) is 2.38. The first kappa shape index (κ1) is 14.4. The molecule has 1 atom stereocenters. The lowest BCUT2D eigenvalue weighted by Crippen LogP contribution is -2.48. The zero-order valence-electron chi connectivity index (χ0n) is 12.8. The molecule has 1 heterocycles. The molecule has 3 heteroatoms. The Hall–Kier alpha value is -2.03. The molecule has 1 aromatic carbocycles. The fourth-order valence-electron chi connectivity index (χ4n) is 2.57. The van der Waals surface area contributed by atoms with Gasteiger partial charge in [-0.3, -0.25) is 4.99 Å². The summed E-state index contributed by atoms with van der Waals surface area (Å²) in [6.07, 6.45) is 2.68. The number of hydrogen-bond donors (Lipinski definition) is 1. The Morgan fingerprint density at radius 3 is 2.70 bits per heavy atom. The van der Waals surface area contributed by atoms with Gasteiger partial charge < -0.3 is 10.2 Å². The number of hydrogen-bond acceptors (Lipinski definition) is 3. The quantitative estimate of drug-likeness (QED) is 0.826. The fourth-order valence-corrected chi connectivity index (χ4v) is 2.57. The molecular formula is C17H23N3. The molecule has 1 aliphatic rings. The number of benzene rings is 1. The molecule has 0 aromatic heterocycles. The van der Waals surface area contributed by atoms with Crippen LogP contribution < -0.4 is 5.32 Å². The van der Waals surface area contributed by atoms with Gasteiger partial charge in [-0.05, 0) is 38.0 Å². The van der Waals surface area contributed by atoms with E-state index in [1.54, 1.807) is 0 Å². The largest absolute Gasteiger partial charge is 0.362 e. The van der Waals surface area contributed by atoms with E-state index in [9.17, 15) is 0 Å². The summed E-state index contributed by atoms with van der Waals surface area (Å²) in [6.45, 7) is 14.4. The van der Waals surface area contributed by atoms with E-state index >= 15 is 0 Å². The van der Waals surface area contributed by atoms with Crippen LogP contribution in [0.4, 0.5) is 5.69 Å². The third-order valence-electron chi connectivity index (χ3n) is 3.97. The van der Waals surface area contributed by atoms with Crippen LogP contribution in [0.1, 0.15) is 31.4 Å². The van der Waals surface area contributed by atoms with Crippen molar-refractivity contribution in [2.24, 2.45) is 4.99 Å². The van der Waals surface area contributed by atoms with Crippen LogP contribution in [-0.4, -0.2) is 18.2 Å². The molecule has 2 rings (SSSR count). The van der Waals surface area contributed by atoms with Crippen LogP contribution in [0, 0.1) is 6.92 Å². The summed E-state index contributed by atoms with van der Waals surface area (Å²) in [4.78, 5) is 6.44. The van der Waals surface area contributed by atoms with Crippen molar-refractivity contribution in [1.82, 2.24) is 10.2 Å². The second kappa shape index (κ2) is 5.16. The monoisotopic (exact) mass is 269 g/mol. The number of rotatable bonds is 2. The number of nitrogens with zero attached hydrogens (tertiary/aromatic N) is 2. The zero-order chi connectivity index (χ0) is 14.9. The van der Waals surface area contributed by atoms with Gasteiger partial charge in [0.1, 0.15) is 0 Å². The Balaban J connectivity index is 2.42. The lowest BCUT2D eigenvalue weighted by molar-refractivity contribution is 0.268. The molecule has 0 amide bonds. The van der Waals surface area contributed by atoms with Crippen LogP contribution in [-0.2, 0) is 5.54 Å². The molecule has 3 nitrogen and oxygen atoms in total. The van der Waals surface area contributed by atoms with E-state index in [0.717, 1.165) is 23.6 Å². The van der Waals surface area contributed by atoms with Gasteiger partial charge >= 0.3 is 0 Å². The van der Waals surface area contributed by atoms with E-state index < -0.39 is 0 Å². The predicted octanol–water partition coefficient (Wildman–Crippen LogP) is 3.84. The molecule has 1 saturated heterocycles. The highest BCUT2D eigenvalue weighted by molar-refractivity contribution is 5.63. The maximum Gasteiger partial charge on any atom is 0.0985 e. The van der Waals surface area contributed by atoms with Gasteiger partial charge in [0.2, 0.25) is 0 Å². The van der Waals surface area contributed by atoms with Gasteiger partial charge in [0, 0.05) is 25.4 Å². The Morgan fingerprint density at radius 2 is 2.10 bits per heavy atom. The van der Waals surface area contributed by atoms with Crippen molar-refractivity contribution in [3.63, 3.8) is 0 Å². The molecule has 0 aliphatic carbocycles. The molecule has 1 fully saturated rings. The fraction of sp³-hybridized carbons (Fsp3) is 0.353. The van der Waals surface area contributed by atoms with Crippen LogP contribution in [0.2, 0.25) is 0 Å². The first-order valence-corrected chi connectivity index (χ1v) is 6.86. The molecular weight excluding hydrogens is 246 g/mol. The SMILES string of the molecule is C=C1CC(C)(c2ccc(C)c(N=CC)c2)NC(=C)N1C. The van der Waals surface area contributed by atoms with Crippen LogP contribution in [0.25, 0.3) is 0 Å². The molecule has 1 aliphatic heterocycles. The summed E-state index contributed by atoms with van der Waals surface area (Å²) in [5, 5.41) is 3.50. The van der Waals surface area contributed by atoms with E-state index in [1.807, 2.05) is 25.1 Å². The van der Waals surface area contributed by atoms with Crippen LogP contribution in [0.3, 0.4) is 0 Å². The molecule has 0 bridgehead atoms. The lowest BCUT2D eigenvalue weighted by atomic mass is 9.85. The van der Waals surface area contributed by atoms with Crippen LogP contribution in [0.5, 0.6) is 0 Å². The molecule has 20 heavy (non-hydrogen) atoms. The smallest absolute Gasteiger partial charge is 0.0985 e. The van der Waals surface area contributed by atoms with Gasteiger partial charge in [-0.2, -0.15) is 0 Å². The molecule has 0 spiro atoms. The first-order chi connectivity index (χ1) is 9.37. The zero-order valence-corrected chi connectivity index (χ0v) is 12.8. The summed E-state index contributed by atoms with van der Waals surface area (Å²) in [6, 6.07) is 6.42. The maximum atomic E-state index is 4.44. The highest BCUT2D eigenvalue weighted by Gasteiger charge is 2.34. The highest BCUT2D eigenvalue weighted by Crippen LogP contribution is 2.36. The molecule has 0 radical (unpaired) electrons. The third-order valence-corrected chi connectivity index (χ3v) is 3.97. The Morgan fingerprint density at radius 1 is 1.40 bits per heavy atom. The van der Waals surface area contributed by atoms with E-state index in [0.29, 0.717) is 0 Å². The van der Waals surface area contributed by atoms with Crippen molar-refractivity contribution in [2.75, 3.05) is 7.05 Å². The van der Waals surface area contributed by atoms with Gasteiger partial charge in [-0.25, -0.2) is 0 Å². The molecule has 1 N–H and O–H groups in total. The maximum absolute atomic E-state index is 4.44. The summed E-state index contributed by atoms with van der Waals surface area (Å²) < 4.78 is 0. The Bertz CT molecular complexity index is 566. The van der Waals surface area contributed by atoms with Gasteiger partial charge in [-0.15, -0.1) is 0 Å². The van der Waals surface area contributed by atoms with Crippen molar-refractivity contribution in [3.8, 4) is 0 Å². The van der Waals surface area contributed by atoms with Crippen molar-refractivity contribution >= 4 is 11.9 Å². The average molecular weight is 269 g/mol. The third kappa shape index (κ3) is 2.48. The number of aryl methyl sites for hydroxylation is 1. The number of nitrogens with one attached hydrogen (secondary N) is 1. The summed E-state index contributed by atoms with van der Waals surface area (Å²) >= 11 is 0. The number of aliphatic imine (C=N–C) groups is 1. The summed E-state index contributed by atoms with van der Waals surface area (Å²) in [5.41, 5.74) is 4.28. The van der Waals surface area contributed by atoms with Crippen LogP contribution in [0.15, 0.2) is 47.9 Å². The topological polar surface area (TPSA) is 27.6 Å². The second-order valence-corrected chi connectivity index (χ2v) is 5.59. The molecule has 106 valence electrons. The van der Waals surface area contributed by atoms with Crippen molar-refractivity contribution in [2.45, 2.75) is 32.7 Å². The molecule has 0 saturated carbocycles. The van der Waals surface area contributed by atoms with Gasteiger partial charge in [0.15, 0.2) is 0 Å². The van der Waals surface area contributed by atoms with E-state index in [2.05, 4.69) is 55.5 Å². The molecule has 1 unspecified atom stereocenters. The van der Waals surface area contributed by atoms with E-state index in [-0.39, 0.29) is 5.54 Å². The van der Waals surface area contributed by atoms with Gasteiger partial charge in [-0.1, -0.05) is 25.3 Å². The van der Waals surface area contributed by atoms with Gasteiger partial charge in [0.05, 0.1) is 17.0 Å².